The van der Waals surface area contributed by atoms with Gasteiger partial charge in [-0.1, -0.05) is 17.7 Å². The number of carbonyl (C=O) groups excluding carboxylic acids is 1. The SMILES string of the molecule is COc1ccc(NC(=O)/C=C/c2ccc(Cl)c([N+](=O)[O-])c2)cn1. The van der Waals surface area contributed by atoms with Crippen molar-refractivity contribution in [1.29, 1.82) is 0 Å². The van der Waals surface area contributed by atoms with Crippen LogP contribution in [0.5, 0.6) is 5.88 Å². The number of nitro groups is 1. The van der Waals surface area contributed by atoms with E-state index in [2.05, 4.69) is 10.3 Å². The number of nitrogens with zero attached hydrogens (tertiary/aromatic N) is 2. The number of ether oxygens (including phenoxy) is 1. The highest BCUT2D eigenvalue weighted by Crippen LogP contribution is 2.25. The summed E-state index contributed by atoms with van der Waals surface area (Å²) in [6.07, 6.45) is 4.17. The van der Waals surface area contributed by atoms with E-state index in [0.29, 0.717) is 17.1 Å². The van der Waals surface area contributed by atoms with Crippen LogP contribution < -0.4 is 10.1 Å². The van der Waals surface area contributed by atoms with Gasteiger partial charge in [-0.2, -0.15) is 0 Å². The molecular weight excluding hydrogens is 322 g/mol. The van der Waals surface area contributed by atoms with Crippen LogP contribution in [0.25, 0.3) is 6.08 Å². The first-order valence-corrected chi connectivity index (χ1v) is 6.80. The number of hydrogen-bond donors (Lipinski definition) is 1. The first-order valence-electron chi connectivity index (χ1n) is 6.42. The number of pyridine rings is 1. The van der Waals surface area contributed by atoms with Gasteiger partial charge < -0.3 is 10.1 Å². The zero-order valence-corrected chi connectivity index (χ0v) is 12.8. The van der Waals surface area contributed by atoms with Crippen molar-refractivity contribution in [2.45, 2.75) is 0 Å². The first kappa shape index (κ1) is 16.4. The number of amides is 1. The molecule has 23 heavy (non-hydrogen) atoms. The lowest BCUT2D eigenvalue weighted by Gasteiger charge is -2.03. The number of carbonyl (C=O) groups is 1. The molecule has 0 aliphatic carbocycles. The van der Waals surface area contributed by atoms with Crippen molar-refractivity contribution < 1.29 is 14.5 Å². The average Bonchev–Trinajstić information content (AvgIpc) is 2.54. The Kier molecular flexibility index (Phi) is 5.27. The molecule has 0 bridgehead atoms. The van der Waals surface area contributed by atoms with Crippen molar-refractivity contribution in [2.24, 2.45) is 0 Å². The molecule has 0 spiro atoms. The maximum Gasteiger partial charge on any atom is 0.288 e. The van der Waals surface area contributed by atoms with Crippen LogP contribution >= 0.6 is 11.6 Å². The number of benzene rings is 1. The minimum Gasteiger partial charge on any atom is -0.481 e. The second kappa shape index (κ2) is 7.37. The number of rotatable bonds is 5. The van der Waals surface area contributed by atoms with Gasteiger partial charge in [0.2, 0.25) is 11.8 Å². The van der Waals surface area contributed by atoms with E-state index in [1.54, 1.807) is 18.2 Å². The van der Waals surface area contributed by atoms with Crippen LogP contribution in [0.1, 0.15) is 5.56 Å². The molecule has 1 amide bonds. The Hall–Kier alpha value is -2.93. The fourth-order valence-electron chi connectivity index (χ4n) is 1.70. The van der Waals surface area contributed by atoms with E-state index in [0.717, 1.165) is 0 Å². The summed E-state index contributed by atoms with van der Waals surface area (Å²) in [6.45, 7) is 0. The summed E-state index contributed by atoms with van der Waals surface area (Å²) in [5.41, 5.74) is 0.778. The summed E-state index contributed by atoms with van der Waals surface area (Å²) >= 11 is 5.72. The quantitative estimate of drug-likeness (QED) is 0.514. The van der Waals surface area contributed by atoms with E-state index in [9.17, 15) is 14.9 Å². The predicted molar refractivity (Wildman–Crippen MR) is 86.6 cm³/mol. The highest BCUT2D eigenvalue weighted by atomic mass is 35.5. The molecule has 1 N–H and O–H groups in total. The molecule has 2 aromatic rings. The van der Waals surface area contributed by atoms with Gasteiger partial charge in [-0.05, 0) is 23.8 Å². The van der Waals surface area contributed by atoms with Crippen molar-refractivity contribution in [2.75, 3.05) is 12.4 Å². The summed E-state index contributed by atoms with van der Waals surface area (Å²) in [5.74, 6) is 0.0431. The molecule has 0 saturated heterocycles. The molecule has 0 aliphatic heterocycles. The second-order valence-corrected chi connectivity index (χ2v) is 4.79. The largest absolute Gasteiger partial charge is 0.481 e. The maximum absolute atomic E-state index is 11.8. The molecular formula is C15H12ClN3O4. The van der Waals surface area contributed by atoms with Crippen LogP contribution in [0.3, 0.4) is 0 Å². The number of nitrogens with one attached hydrogen (secondary N) is 1. The molecule has 1 heterocycles. The average molecular weight is 334 g/mol. The van der Waals surface area contributed by atoms with Crippen LogP contribution in [-0.2, 0) is 4.79 Å². The molecule has 0 unspecified atom stereocenters. The van der Waals surface area contributed by atoms with E-state index >= 15 is 0 Å². The van der Waals surface area contributed by atoms with Gasteiger partial charge in [0.25, 0.3) is 5.69 Å². The van der Waals surface area contributed by atoms with E-state index in [1.807, 2.05) is 0 Å². The summed E-state index contributed by atoms with van der Waals surface area (Å²) in [4.78, 5) is 26.0. The Morgan fingerprint density at radius 3 is 2.78 bits per heavy atom. The Morgan fingerprint density at radius 1 is 1.39 bits per heavy atom. The molecule has 2 rings (SSSR count). The second-order valence-electron chi connectivity index (χ2n) is 4.38. The standard InChI is InChI=1S/C15H12ClN3O4/c1-23-15-7-4-11(9-17-15)18-14(20)6-3-10-2-5-12(16)13(8-10)19(21)22/h2-9H,1H3,(H,18,20)/b6-3+. The van der Waals surface area contributed by atoms with Gasteiger partial charge in [0.15, 0.2) is 0 Å². The smallest absolute Gasteiger partial charge is 0.288 e. The van der Waals surface area contributed by atoms with Crippen LogP contribution in [0.4, 0.5) is 11.4 Å². The molecule has 1 aromatic heterocycles. The summed E-state index contributed by atoms with van der Waals surface area (Å²) < 4.78 is 4.92. The van der Waals surface area contributed by atoms with Gasteiger partial charge in [-0.25, -0.2) is 4.98 Å². The zero-order chi connectivity index (χ0) is 16.8. The third kappa shape index (κ3) is 4.52. The van der Waals surface area contributed by atoms with Crippen molar-refractivity contribution in [3.8, 4) is 5.88 Å². The van der Waals surface area contributed by atoms with E-state index in [1.165, 1.54) is 37.6 Å². The Labute approximate surface area is 136 Å². The first-order chi connectivity index (χ1) is 11.0. The lowest BCUT2D eigenvalue weighted by Crippen LogP contribution is -2.07. The molecule has 0 aliphatic rings. The number of anilines is 1. The van der Waals surface area contributed by atoms with Crippen LogP contribution in [0, 0.1) is 10.1 Å². The maximum atomic E-state index is 11.8. The fourth-order valence-corrected chi connectivity index (χ4v) is 1.89. The number of hydrogen-bond acceptors (Lipinski definition) is 5. The third-order valence-electron chi connectivity index (χ3n) is 2.81. The lowest BCUT2D eigenvalue weighted by molar-refractivity contribution is -0.384. The Bertz CT molecular complexity index is 760. The number of halogens is 1. The van der Waals surface area contributed by atoms with Crippen molar-refractivity contribution in [3.05, 3.63) is 63.3 Å². The molecule has 0 radical (unpaired) electrons. The topological polar surface area (TPSA) is 94.4 Å². The highest BCUT2D eigenvalue weighted by Gasteiger charge is 2.11. The van der Waals surface area contributed by atoms with Crippen molar-refractivity contribution in [3.63, 3.8) is 0 Å². The Balaban J connectivity index is 2.05. The Morgan fingerprint density at radius 2 is 2.17 bits per heavy atom. The molecule has 118 valence electrons. The van der Waals surface area contributed by atoms with Crippen molar-refractivity contribution >= 4 is 35.0 Å². The predicted octanol–water partition coefficient (Wildman–Crippen LogP) is 3.30. The van der Waals surface area contributed by atoms with Gasteiger partial charge in [-0.15, -0.1) is 0 Å². The molecule has 0 atom stereocenters. The van der Waals surface area contributed by atoms with Gasteiger partial charge in [0.1, 0.15) is 5.02 Å². The number of nitro benzene ring substituents is 1. The monoisotopic (exact) mass is 333 g/mol. The van der Waals surface area contributed by atoms with Gasteiger partial charge in [0, 0.05) is 18.2 Å². The lowest BCUT2D eigenvalue weighted by atomic mass is 10.2. The summed E-state index contributed by atoms with van der Waals surface area (Å²) in [5, 5.41) is 13.5. The third-order valence-corrected chi connectivity index (χ3v) is 3.13. The molecule has 1 aromatic carbocycles. The summed E-state index contributed by atoms with van der Waals surface area (Å²) in [7, 11) is 1.49. The van der Waals surface area contributed by atoms with Gasteiger partial charge in [-0.3, -0.25) is 14.9 Å². The summed E-state index contributed by atoms with van der Waals surface area (Å²) in [6, 6.07) is 7.53. The minimum absolute atomic E-state index is 0.0425. The van der Waals surface area contributed by atoms with E-state index in [-0.39, 0.29) is 10.7 Å². The van der Waals surface area contributed by atoms with Crippen LogP contribution in [0.2, 0.25) is 5.02 Å². The zero-order valence-electron chi connectivity index (χ0n) is 12.0. The van der Waals surface area contributed by atoms with Crippen LogP contribution in [0.15, 0.2) is 42.6 Å². The molecule has 0 fully saturated rings. The van der Waals surface area contributed by atoms with E-state index < -0.39 is 10.8 Å². The van der Waals surface area contributed by atoms with Gasteiger partial charge in [0.05, 0.1) is 23.9 Å². The molecule has 0 saturated carbocycles. The minimum atomic E-state index is -0.581. The normalized spacial score (nSPS) is 10.5. The highest BCUT2D eigenvalue weighted by molar-refractivity contribution is 6.32. The fraction of sp³-hybridized carbons (Fsp3) is 0.0667. The number of aromatic nitrogens is 1. The van der Waals surface area contributed by atoms with Gasteiger partial charge >= 0.3 is 0 Å². The van der Waals surface area contributed by atoms with Crippen molar-refractivity contribution in [1.82, 2.24) is 4.98 Å². The van der Waals surface area contributed by atoms with Crippen LogP contribution in [-0.4, -0.2) is 22.9 Å². The molecule has 7 nitrogen and oxygen atoms in total. The number of methoxy groups -OCH3 is 1. The van der Waals surface area contributed by atoms with E-state index in [4.69, 9.17) is 16.3 Å². The molecule has 8 heteroatoms.